The zero-order valence-corrected chi connectivity index (χ0v) is 13.0. The van der Waals surface area contributed by atoms with Crippen molar-refractivity contribution in [3.8, 4) is 0 Å². The summed E-state index contributed by atoms with van der Waals surface area (Å²) in [6.45, 7) is 4.48. The van der Waals surface area contributed by atoms with Crippen molar-refractivity contribution in [3.05, 3.63) is 30.3 Å². The standard InChI is InChI=1S/C15H22N2O3S/c18-21(19,15-6-2-1-3-7-15)17-10-8-16(9-11-17)13-14-5-4-12-20-14/h1-3,6-7,14H,4-5,8-13H2. The molecule has 2 aliphatic rings. The minimum atomic E-state index is -3.34. The molecular formula is C15H22N2O3S. The highest BCUT2D eigenvalue weighted by molar-refractivity contribution is 7.89. The lowest BCUT2D eigenvalue weighted by atomic mass is 10.2. The van der Waals surface area contributed by atoms with E-state index in [1.807, 2.05) is 6.07 Å². The van der Waals surface area contributed by atoms with E-state index in [1.165, 1.54) is 0 Å². The molecule has 0 N–H and O–H groups in total. The number of hydrogen-bond donors (Lipinski definition) is 0. The van der Waals surface area contributed by atoms with Crippen LogP contribution in [0.3, 0.4) is 0 Å². The van der Waals surface area contributed by atoms with Crippen molar-refractivity contribution in [2.24, 2.45) is 0 Å². The molecule has 3 rings (SSSR count). The molecule has 1 atom stereocenters. The van der Waals surface area contributed by atoms with Crippen molar-refractivity contribution < 1.29 is 13.2 Å². The van der Waals surface area contributed by atoms with E-state index in [9.17, 15) is 8.42 Å². The minimum absolute atomic E-state index is 0.335. The lowest BCUT2D eigenvalue weighted by Gasteiger charge is -2.35. The number of benzene rings is 1. The minimum Gasteiger partial charge on any atom is -0.377 e. The summed E-state index contributed by atoms with van der Waals surface area (Å²) in [4.78, 5) is 2.70. The molecule has 1 aromatic carbocycles. The first-order chi connectivity index (χ1) is 10.2. The van der Waals surface area contributed by atoms with Crippen LogP contribution in [0.5, 0.6) is 0 Å². The average molecular weight is 310 g/mol. The van der Waals surface area contributed by atoms with E-state index >= 15 is 0 Å². The molecule has 2 saturated heterocycles. The maximum absolute atomic E-state index is 12.5. The third kappa shape index (κ3) is 3.45. The van der Waals surface area contributed by atoms with Gasteiger partial charge < -0.3 is 4.74 Å². The van der Waals surface area contributed by atoms with Crippen molar-refractivity contribution in [1.29, 1.82) is 0 Å². The molecule has 0 spiro atoms. The first kappa shape index (κ1) is 15.0. The van der Waals surface area contributed by atoms with Gasteiger partial charge in [0.2, 0.25) is 10.0 Å². The van der Waals surface area contributed by atoms with Crippen molar-refractivity contribution >= 4 is 10.0 Å². The highest BCUT2D eigenvalue weighted by Gasteiger charge is 2.29. The predicted molar refractivity (Wildman–Crippen MR) is 80.6 cm³/mol. The van der Waals surface area contributed by atoms with Crippen LogP contribution in [0.15, 0.2) is 35.2 Å². The number of sulfonamides is 1. The lowest BCUT2D eigenvalue weighted by Crippen LogP contribution is -2.50. The van der Waals surface area contributed by atoms with Crippen LogP contribution in [0.2, 0.25) is 0 Å². The molecule has 0 bridgehead atoms. The average Bonchev–Trinajstić information content (AvgIpc) is 3.02. The Morgan fingerprint density at radius 2 is 1.81 bits per heavy atom. The van der Waals surface area contributed by atoms with Crippen LogP contribution < -0.4 is 0 Å². The van der Waals surface area contributed by atoms with E-state index < -0.39 is 10.0 Å². The topological polar surface area (TPSA) is 49.9 Å². The Balaban J connectivity index is 1.58. The Morgan fingerprint density at radius 1 is 1.10 bits per heavy atom. The summed E-state index contributed by atoms with van der Waals surface area (Å²) < 4.78 is 32.3. The van der Waals surface area contributed by atoms with Crippen LogP contribution in [-0.2, 0) is 14.8 Å². The molecule has 116 valence electrons. The Bertz CT molecular complexity index is 548. The summed E-state index contributed by atoms with van der Waals surface area (Å²) >= 11 is 0. The third-order valence-corrected chi connectivity index (χ3v) is 6.11. The third-order valence-electron chi connectivity index (χ3n) is 4.20. The second kappa shape index (κ2) is 6.44. The molecule has 1 aromatic rings. The van der Waals surface area contributed by atoms with Gasteiger partial charge in [0.05, 0.1) is 11.0 Å². The Kier molecular flexibility index (Phi) is 4.59. The normalized spacial score (nSPS) is 25.2. The molecule has 5 nitrogen and oxygen atoms in total. The van der Waals surface area contributed by atoms with Crippen LogP contribution in [0.4, 0.5) is 0 Å². The van der Waals surface area contributed by atoms with E-state index in [4.69, 9.17) is 4.74 Å². The molecule has 0 amide bonds. The number of hydrogen-bond acceptors (Lipinski definition) is 4. The molecule has 1 unspecified atom stereocenters. The highest BCUT2D eigenvalue weighted by atomic mass is 32.2. The van der Waals surface area contributed by atoms with Crippen LogP contribution >= 0.6 is 0 Å². The fourth-order valence-corrected chi connectivity index (χ4v) is 4.41. The van der Waals surface area contributed by atoms with Gasteiger partial charge in [-0.1, -0.05) is 18.2 Å². The van der Waals surface area contributed by atoms with Crippen molar-refractivity contribution in [3.63, 3.8) is 0 Å². The Labute approximate surface area is 126 Å². The summed E-state index contributed by atoms with van der Waals surface area (Å²) in [7, 11) is -3.34. The van der Waals surface area contributed by atoms with Gasteiger partial charge >= 0.3 is 0 Å². The Hall–Kier alpha value is -0.950. The summed E-state index contributed by atoms with van der Waals surface area (Å²) in [6, 6.07) is 8.68. The quantitative estimate of drug-likeness (QED) is 0.838. The zero-order chi connectivity index (χ0) is 14.7. The summed E-state index contributed by atoms with van der Waals surface area (Å²) in [5, 5.41) is 0. The lowest BCUT2D eigenvalue weighted by molar-refractivity contribution is 0.0617. The van der Waals surface area contributed by atoms with Crippen molar-refractivity contribution in [2.45, 2.75) is 23.8 Å². The number of rotatable bonds is 4. The summed E-state index contributed by atoms with van der Waals surface area (Å²) in [5.74, 6) is 0. The van der Waals surface area contributed by atoms with Gasteiger partial charge in [0.25, 0.3) is 0 Å². The van der Waals surface area contributed by atoms with E-state index in [2.05, 4.69) is 4.90 Å². The van der Waals surface area contributed by atoms with Gasteiger partial charge in [0, 0.05) is 39.3 Å². The van der Waals surface area contributed by atoms with Gasteiger partial charge in [0.1, 0.15) is 0 Å². The maximum Gasteiger partial charge on any atom is 0.243 e. The molecule has 21 heavy (non-hydrogen) atoms. The number of ether oxygens (including phenoxy) is 1. The SMILES string of the molecule is O=S(=O)(c1ccccc1)N1CCN(CC2CCCO2)CC1. The molecule has 0 aromatic heterocycles. The fraction of sp³-hybridized carbons (Fsp3) is 0.600. The molecule has 0 aliphatic carbocycles. The van der Waals surface area contributed by atoms with Crippen LogP contribution in [0, 0.1) is 0 Å². The predicted octanol–water partition coefficient (Wildman–Crippen LogP) is 1.17. The van der Waals surface area contributed by atoms with E-state index in [0.717, 1.165) is 39.1 Å². The monoisotopic (exact) mass is 310 g/mol. The van der Waals surface area contributed by atoms with Gasteiger partial charge in [-0.3, -0.25) is 4.90 Å². The molecular weight excluding hydrogens is 288 g/mol. The number of piperazine rings is 1. The second-order valence-electron chi connectivity index (χ2n) is 5.65. The zero-order valence-electron chi connectivity index (χ0n) is 12.1. The van der Waals surface area contributed by atoms with Gasteiger partial charge in [-0.05, 0) is 25.0 Å². The van der Waals surface area contributed by atoms with E-state index in [1.54, 1.807) is 28.6 Å². The summed E-state index contributed by atoms with van der Waals surface area (Å²) in [5.41, 5.74) is 0. The van der Waals surface area contributed by atoms with Crippen molar-refractivity contribution in [1.82, 2.24) is 9.21 Å². The maximum atomic E-state index is 12.5. The Morgan fingerprint density at radius 3 is 2.43 bits per heavy atom. The second-order valence-corrected chi connectivity index (χ2v) is 7.59. The van der Waals surface area contributed by atoms with Crippen LogP contribution in [-0.4, -0.2) is 63.1 Å². The van der Waals surface area contributed by atoms with Gasteiger partial charge in [-0.25, -0.2) is 8.42 Å². The van der Waals surface area contributed by atoms with E-state index in [-0.39, 0.29) is 0 Å². The van der Waals surface area contributed by atoms with E-state index in [0.29, 0.717) is 24.1 Å². The highest BCUT2D eigenvalue weighted by Crippen LogP contribution is 2.19. The first-order valence-corrected chi connectivity index (χ1v) is 8.99. The first-order valence-electron chi connectivity index (χ1n) is 7.55. The molecule has 2 aliphatic heterocycles. The smallest absolute Gasteiger partial charge is 0.243 e. The molecule has 2 fully saturated rings. The largest absolute Gasteiger partial charge is 0.377 e. The van der Waals surface area contributed by atoms with Gasteiger partial charge in [-0.15, -0.1) is 0 Å². The van der Waals surface area contributed by atoms with Gasteiger partial charge in [0.15, 0.2) is 0 Å². The molecule has 0 radical (unpaired) electrons. The van der Waals surface area contributed by atoms with Crippen LogP contribution in [0.25, 0.3) is 0 Å². The molecule has 0 saturated carbocycles. The van der Waals surface area contributed by atoms with Crippen LogP contribution in [0.1, 0.15) is 12.8 Å². The molecule has 2 heterocycles. The van der Waals surface area contributed by atoms with Gasteiger partial charge in [-0.2, -0.15) is 4.31 Å². The summed E-state index contributed by atoms with van der Waals surface area (Å²) in [6.07, 6.45) is 2.61. The molecule has 6 heteroatoms. The fourth-order valence-electron chi connectivity index (χ4n) is 2.97. The van der Waals surface area contributed by atoms with Crippen molar-refractivity contribution in [2.75, 3.05) is 39.3 Å². The number of nitrogens with zero attached hydrogens (tertiary/aromatic N) is 2.